The summed E-state index contributed by atoms with van der Waals surface area (Å²) in [6.45, 7) is 5.29. The van der Waals surface area contributed by atoms with Gasteiger partial charge < -0.3 is 10.0 Å². The van der Waals surface area contributed by atoms with Crippen LogP contribution in [0.25, 0.3) is 6.08 Å². The number of rotatable bonds is 6. The van der Waals surface area contributed by atoms with Crippen molar-refractivity contribution in [1.29, 1.82) is 5.26 Å². The molecular weight excluding hydrogens is 240 g/mol. The van der Waals surface area contributed by atoms with E-state index in [1.807, 2.05) is 38.1 Å². The lowest BCUT2D eigenvalue weighted by atomic mass is 10.1. The number of carbonyl (C=O) groups is 1. The van der Waals surface area contributed by atoms with Gasteiger partial charge in [0, 0.05) is 24.9 Å². The van der Waals surface area contributed by atoms with Crippen molar-refractivity contribution < 1.29 is 9.90 Å². The Hall–Kier alpha value is -2.28. The van der Waals surface area contributed by atoms with Crippen LogP contribution in [0.2, 0.25) is 0 Å². The molecule has 0 amide bonds. The molecule has 1 aromatic carbocycles. The average Bonchev–Trinajstić information content (AvgIpc) is 2.42. The number of para-hydroxylation sites is 1. The van der Waals surface area contributed by atoms with E-state index in [2.05, 4.69) is 11.0 Å². The first-order valence-corrected chi connectivity index (χ1v) is 6.23. The Morgan fingerprint density at radius 3 is 2.79 bits per heavy atom. The molecule has 0 saturated heterocycles. The molecular formula is C15H18N2O2. The molecule has 0 radical (unpaired) electrons. The van der Waals surface area contributed by atoms with E-state index in [9.17, 15) is 4.79 Å². The number of hydrogen-bond acceptors (Lipinski definition) is 3. The summed E-state index contributed by atoms with van der Waals surface area (Å²) >= 11 is 0. The Morgan fingerprint density at radius 2 is 2.21 bits per heavy atom. The van der Waals surface area contributed by atoms with Gasteiger partial charge in [-0.15, -0.1) is 0 Å². The molecule has 4 nitrogen and oxygen atoms in total. The first-order chi connectivity index (χ1) is 9.08. The van der Waals surface area contributed by atoms with Gasteiger partial charge in [-0.05, 0) is 31.6 Å². The number of nitriles is 1. The minimum absolute atomic E-state index is 0.0727. The van der Waals surface area contributed by atoms with Crippen LogP contribution in [0.15, 0.2) is 30.3 Å². The molecule has 0 aromatic heterocycles. The molecule has 4 heteroatoms. The van der Waals surface area contributed by atoms with E-state index in [1.165, 1.54) is 0 Å². The van der Waals surface area contributed by atoms with Crippen molar-refractivity contribution in [3.8, 4) is 6.07 Å². The van der Waals surface area contributed by atoms with Crippen LogP contribution in [0.5, 0.6) is 0 Å². The number of anilines is 1. The molecule has 0 bridgehead atoms. The maximum absolute atomic E-state index is 10.6. The average molecular weight is 258 g/mol. The summed E-state index contributed by atoms with van der Waals surface area (Å²) in [5.41, 5.74) is 1.79. The van der Waals surface area contributed by atoms with Crippen molar-refractivity contribution in [2.45, 2.75) is 13.8 Å². The summed E-state index contributed by atoms with van der Waals surface area (Å²) in [7, 11) is 0. The van der Waals surface area contributed by atoms with Crippen LogP contribution in [0.1, 0.15) is 19.4 Å². The third kappa shape index (κ3) is 4.47. The Balaban J connectivity index is 3.03. The standard InChI is InChI=1S/C15H18N2O2/c1-3-17(11-12(2)10-16)14-7-5-4-6-13(14)8-9-15(18)19/h4-9,12H,3,11H2,1-2H3,(H,18,19). The highest BCUT2D eigenvalue weighted by Gasteiger charge is 2.11. The molecule has 1 unspecified atom stereocenters. The monoisotopic (exact) mass is 258 g/mol. The lowest BCUT2D eigenvalue weighted by Gasteiger charge is -2.26. The van der Waals surface area contributed by atoms with E-state index < -0.39 is 5.97 Å². The molecule has 0 aliphatic rings. The molecule has 1 N–H and O–H groups in total. The second-order valence-electron chi connectivity index (χ2n) is 4.30. The highest BCUT2D eigenvalue weighted by Crippen LogP contribution is 2.22. The first kappa shape index (κ1) is 14.8. The van der Waals surface area contributed by atoms with Crippen molar-refractivity contribution in [1.82, 2.24) is 0 Å². The normalized spacial score (nSPS) is 12.1. The van der Waals surface area contributed by atoms with Crippen molar-refractivity contribution in [2.24, 2.45) is 5.92 Å². The number of carboxylic acids is 1. The summed E-state index contributed by atoms with van der Waals surface area (Å²) in [4.78, 5) is 12.7. The van der Waals surface area contributed by atoms with Gasteiger partial charge in [0.1, 0.15) is 0 Å². The van der Waals surface area contributed by atoms with Gasteiger partial charge in [-0.2, -0.15) is 5.26 Å². The van der Waals surface area contributed by atoms with Crippen LogP contribution in [-0.2, 0) is 4.79 Å². The Labute approximate surface area is 113 Å². The Bertz CT molecular complexity index is 503. The SMILES string of the molecule is CCN(CC(C)C#N)c1ccccc1C=CC(=O)O. The maximum atomic E-state index is 10.6. The summed E-state index contributed by atoms with van der Waals surface area (Å²) < 4.78 is 0. The van der Waals surface area contributed by atoms with Crippen LogP contribution < -0.4 is 4.90 Å². The zero-order chi connectivity index (χ0) is 14.3. The highest BCUT2D eigenvalue weighted by atomic mass is 16.4. The van der Waals surface area contributed by atoms with E-state index >= 15 is 0 Å². The van der Waals surface area contributed by atoms with Crippen LogP contribution >= 0.6 is 0 Å². The van der Waals surface area contributed by atoms with Crippen LogP contribution in [0.4, 0.5) is 5.69 Å². The second-order valence-corrected chi connectivity index (χ2v) is 4.30. The molecule has 0 spiro atoms. The number of carboxylic acid groups (broad SMARTS) is 1. The molecule has 1 rings (SSSR count). The lowest BCUT2D eigenvalue weighted by molar-refractivity contribution is -0.131. The number of benzene rings is 1. The predicted octanol–water partition coefficient (Wildman–Crippen LogP) is 2.77. The third-order valence-electron chi connectivity index (χ3n) is 2.78. The molecule has 0 saturated carbocycles. The third-order valence-corrected chi connectivity index (χ3v) is 2.78. The van der Waals surface area contributed by atoms with E-state index in [-0.39, 0.29) is 5.92 Å². The van der Waals surface area contributed by atoms with Crippen molar-refractivity contribution >= 4 is 17.7 Å². The van der Waals surface area contributed by atoms with Gasteiger partial charge in [-0.1, -0.05) is 18.2 Å². The van der Waals surface area contributed by atoms with Gasteiger partial charge in [0.05, 0.1) is 12.0 Å². The van der Waals surface area contributed by atoms with Crippen LogP contribution in [0, 0.1) is 17.2 Å². The molecule has 0 aliphatic heterocycles. The fourth-order valence-electron chi connectivity index (χ4n) is 1.85. The van der Waals surface area contributed by atoms with Gasteiger partial charge in [0.25, 0.3) is 0 Å². The Kier molecular flexibility index (Phi) is 5.62. The molecule has 19 heavy (non-hydrogen) atoms. The van der Waals surface area contributed by atoms with Crippen LogP contribution in [0.3, 0.4) is 0 Å². The maximum Gasteiger partial charge on any atom is 0.328 e. The van der Waals surface area contributed by atoms with Gasteiger partial charge in [0.2, 0.25) is 0 Å². The second kappa shape index (κ2) is 7.22. The minimum Gasteiger partial charge on any atom is -0.478 e. The summed E-state index contributed by atoms with van der Waals surface area (Å²) in [5.74, 6) is -1.04. The summed E-state index contributed by atoms with van der Waals surface area (Å²) in [6, 6.07) is 9.80. The van der Waals surface area contributed by atoms with Crippen molar-refractivity contribution in [3.05, 3.63) is 35.9 Å². The number of nitrogens with zero attached hydrogens (tertiary/aromatic N) is 2. The largest absolute Gasteiger partial charge is 0.478 e. The van der Waals surface area contributed by atoms with Gasteiger partial charge in [-0.3, -0.25) is 0 Å². The van der Waals surface area contributed by atoms with Gasteiger partial charge in [-0.25, -0.2) is 4.79 Å². The quantitative estimate of drug-likeness (QED) is 0.797. The zero-order valence-corrected chi connectivity index (χ0v) is 11.2. The van der Waals surface area contributed by atoms with E-state index in [0.29, 0.717) is 6.54 Å². The Morgan fingerprint density at radius 1 is 1.53 bits per heavy atom. The molecule has 0 fully saturated rings. The van der Waals surface area contributed by atoms with Crippen LogP contribution in [-0.4, -0.2) is 24.2 Å². The molecule has 0 heterocycles. The number of aliphatic carboxylic acids is 1. The smallest absolute Gasteiger partial charge is 0.328 e. The van der Waals surface area contributed by atoms with Gasteiger partial charge >= 0.3 is 5.97 Å². The van der Waals surface area contributed by atoms with Crippen molar-refractivity contribution in [2.75, 3.05) is 18.0 Å². The van der Waals surface area contributed by atoms with E-state index in [4.69, 9.17) is 10.4 Å². The number of hydrogen-bond donors (Lipinski definition) is 1. The molecule has 0 aliphatic carbocycles. The van der Waals surface area contributed by atoms with E-state index in [1.54, 1.807) is 6.08 Å². The molecule has 100 valence electrons. The lowest BCUT2D eigenvalue weighted by Crippen LogP contribution is -2.28. The fraction of sp³-hybridized carbons (Fsp3) is 0.333. The summed E-state index contributed by atoms with van der Waals surface area (Å²) in [6.07, 6.45) is 2.71. The fourth-order valence-corrected chi connectivity index (χ4v) is 1.85. The summed E-state index contributed by atoms with van der Waals surface area (Å²) in [5, 5.41) is 17.6. The molecule has 1 aromatic rings. The van der Waals surface area contributed by atoms with Crippen molar-refractivity contribution in [3.63, 3.8) is 0 Å². The highest BCUT2D eigenvalue weighted by molar-refractivity contribution is 5.87. The predicted molar refractivity (Wildman–Crippen MR) is 75.8 cm³/mol. The zero-order valence-electron chi connectivity index (χ0n) is 11.2. The first-order valence-electron chi connectivity index (χ1n) is 6.23. The topological polar surface area (TPSA) is 64.3 Å². The molecule has 1 atom stereocenters. The van der Waals surface area contributed by atoms with Gasteiger partial charge in [0.15, 0.2) is 0 Å². The van der Waals surface area contributed by atoms with E-state index in [0.717, 1.165) is 23.9 Å². The minimum atomic E-state index is -0.969.